The molecule has 1 heterocycles. The predicted octanol–water partition coefficient (Wildman–Crippen LogP) is 2.10. The van der Waals surface area contributed by atoms with Crippen molar-refractivity contribution >= 4 is 43.1 Å². The van der Waals surface area contributed by atoms with Crippen LogP contribution in [0.3, 0.4) is 0 Å². The molecule has 0 spiro atoms. The molecule has 0 aromatic heterocycles. The van der Waals surface area contributed by atoms with Crippen molar-refractivity contribution < 1.29 is 0 Å². The maximum absolute atomic E-state index is 3.78. The van der Waals surface area contributed by atoms with E-state index in [2.05, 4.69) is 97.3 Å². The first kappa shape index (κ1) is 21.9. The van der Waals surface area contributed by atoms with Crippen molar-refractivity contribution in [2.24, 2.45) is 0 Å². The van der Waals surface area contributed by atoms with Crippen LogP contribution in [0.25, 0.3) is 0 Å². The number of hydrogen-bond donors (Lipinski definition) is 2. The molecule has 0 unspecified atom stereocenters. The minimum atomic E-state index is -1.21. The summed E-state index contributed by atoms with van der Waals surface area (Å²) in [5.74, 6) is 0. The standard InChI is InChI=1S/C6H21N3Si3.C6H19NSi2/c1-8-10-7-11(3,4)9(2)12(8,5)6;1-8(2,3)7-9(4,5)6/h7H,10H2,1-6H3;7H,1-6H3. The van der Waals surface area contributed by atoms with E-state index in [-0.39, 0.29) is 9.84 Å². The van der Waals surface area contributed by atoms with Gasteiger partial charge in [-0.1, -0.05) is 39.3 Å². The summed E-state index contributed by atoms with van der Waals surface area (Å²) in [7, 11) is 0.0694. The second kappa shape index (κ2) is 7.22. The second-order valence-corrected chi connectivity index (χ2v) is 31.2. The molecule has 128 valence electrons. The van der Waals surface area contributed by atoms with Crippen LogP contribution in [-0.2, 0) is 0 Å². The highest BCUT2D eigenvalue weighted by atomic mass is 28.5. The molecule has 2 N–H and O–H groups in total. The molecule has 0 amide bonds. The maximum atomic E-state index is 3.78. The number of rotatable bonds is 2. The van der Waals surface area contributed by atoms with Gasteiger partial charge in [0, 0.05) is 0 Å². The van der Waals surface area contributed by atoms with Crippen molar-refractivity contribution in [2.45, 2.75) is 65.5 Å². The van der Waals surface area contributed by atoms with Crippen LogP contribution in [0.5, 0.6) is 0 Å². The van der Waals surface area contributed by atoms with Crippen LogP contribution in [0.1, 0.15) is 0 Å². The first-order valence-electron chi connectivity index (χ1n) is 7.99. The van der Waals surface area contributed by atoms with Gasteiger partial charge in [-0.3, -0.25) is 0 Å². The van der Waals surface area contributed by atoms with Crippen LogP contribution in [0, 0.1) is 0 Å². The van der Waals surface area contributed by atoms with Gasteiger partial charge in [-0.2, -0.15) is 0 Å². The molecule has 0 aromatic carbocycles. The van der Waals surface area contributed by atoms with Gasteiger partial charge in [0.2, 0.25) is 0 Å². The summed E-state index contributed by atoms with van der Waals surface area (Å²) in [6.07, 6.45) is 0. The molecule has 1 rings (SSSR count). The van der Waals surface area contributed by atoms with E-state index in [1.54, 1.807) is 0 Å². The van der Waals surface area contributed by atoms with Gasteiger partial charge in [0.25, 0.3) is 0 Å². The van der Waals surface area contributed by atoms with Crippen LogP contribution >= 0.6 is 0 Å². The van der Waals surface area contributed by atoms with Crippen molar-refractivity contribution in [1.82, 2.24) is 17.8 Å². The lowest BCUT2D eigenvalue weighted by atomic mass is 11.6. The minimum absolute atomic E-state index is 0.142. The van der Waals surface area contributed by atoms with Gasteiger partial charge in [-0.25, -0.2) is 0 Å². The van der Waals surface area contributed by atoms with E-state index in [0.717, 1.165) is 0 Å². The quantitative estimate of drug-likeness (QED) is 0.718. The van der Waals surface area contributed by atoms with Crippen molar-refractivity contribution in [3.05, 3.63) is 0 Å². The molecule has 1 fully saturated rings. The van der Waals surface area contributed by atoms with Crippen molar-refractivity contribution in [1.29, 1.82) is 0 Å². The fourth-order valence-electron chi connectivity index (χ4n) is 2.69. The van der Waals surface area contributed by atoms with E-state index < -0.39 is 33.3 Å². The van der Waals surface area contributed by atoms with Gasteiger partial charge < -0.3 is 17.8 Å². The van der Waals surface area contributed by atoms with Crippen LogP contribution in [0.4, 0.5) is 0 Å². The first-order chi connectivity index (χ1) is 8.99. The fraction of sp³-hybridized carbons (Fsp3) is 1.00. The zero-order valence-electron chi connectivity index (χ0n) is 16.6. The molecule has 0 saturated carbocycles. The highest BCUT2D eigenvalue weighted by molar-refractivity contribution is 6.96. The molecule has 1 saturated heterocycles. The lowest BCUT2D eigenvalue weighted by molar-refractivity contribution is 0.600. The lowest BCUT2D eigenvalue weighted by Crippen LogP contribution is -2.79. The molecule has 9 heteroatoms. The Morgan fingerprint density at radius 3 is 1.48 bits per heavy atom. The monoisotopic (exact) mass is 380 g/mol. The number of nitrogens with zero attached hydrogens (tertiary/aromatic N) is 2. The molecule has 0 aromatic rings. The van der Waals surface area contributed by atoms with E-state index in [0.29, 0.717) is 0 Å². The molecular weight excluding hydrogens is 341 g/mol. The molecule has 4 nitrogen and oxygen atoms in total. The third-order valence-corrected chi connectivity index (χ3v) is 26.0. The summed E-state index contributed by atoms with van der Waals surface area (Å²) in [6, 6.07) is 0. The van der Waals surface area contributed by atoms with Gasteiger partial charge in [0.05, 0.1) is 0 Å². The minimum Gasteiger partial charge on any atom is -0.360 e. The van der Waals surface area contributed by atoms with Gasteiger partial charge >= 0.3 is 0 Å². The topological polar surface area (TPSA) is 30.5 Å². The van der Waals surface area contributed by atoms with Crippen molar-refractivity contribution in [3.63, 3.8) is 0 Å². The Labute approximate surface area is 140 Å². The molecular formula is C12H40N4Si5. The summed E-state index contributed by atoms with van der Waals surface area (Å²) in [5, 5.41) is 0. The SMILES string of the molecule is CN1[SiH2]N[Si](C)(C)N(C)[Si]1(C)C.C[Si](C)(C)N[Si](C)(C)C. The Morgan fingerprint density at radius 2 is 1.24 bits per heavy atom. The summed E-state index contributed by atoms with van der Waals surface area (Å²) in [6.45, 7) is 23.9. The van der Waals surface area contributed by atoms with Crippen molar-refractivity contribution in [2.75, 3.05) is 14.1 Å². The molecule has 0 aliphatic carbocycles. The normalized spacial score (nSPS) is 24.6. The average molecular weight is 381 g/mol. The summed E-state index contributed by atoms with van der Waals surface area (Å²) >= 11 is 0. The Kier molecular flexibility index (Phi) is 7.54. The molecule has 1 aliphatic rings. The molecule has 0 bridgehead atoms. The van der Waals surface area contributed by atoms with Gasteiger partial charge in [-0.05, 0) is 40.3 Å². The predicted molar refractivity (Wildman–Crippen MR) is 112 cm³/mol. The van der Waals surface area contributed by atoms with E-state index in [1.807, 2.05) is 0 Å². The van der Waals surface area contributed by atoms with Crippen LogP contribution in [0.2, 0.25) is 65.5 Å². The Balaban J connectivity index is 0.000000400. The highest BCUT2D eigenvalue weighted by Gasteiger charge is 2.45. The third kappa shape index (κ3) is 7.84. The Hall–Kier alpha value is 0.924. The molecule has 21 heavy (non-hydrogen) atoms. The van der Waals surface area contributed by atoms with Crippen LogP contribution < -0.4 is 9.30 Å². The largest absolute Gasteiger partial charge is 0.360 e. The molecule has 1 aliphatic heterocycles. The average Bonchev–Trinajstić information content (AvgIpc) is 2.18. The number of nitrogens with one attached hydrogen (secondary N) is 2. The lowest BCUT2D eigenvalue weighted by Gasteiger charge is -2.53. The molecule has 0 radical (unpaired) electrons. The molecule has 0 atom stereocenters. The van der Waals surface area contributed by atoms with Crippen molar-refractivity contribution in [3.8, 4) is 0 Å². The summed E-state index contributed by atoms with van der Waals surface area (Å²) in [5.41, 5.74) is 0. The fourth-order valence-corrected chi connectivity index (χ4v) is 25.7. The zero-order valence-corrected chi connectivity index (χ0v) is 22.0. The first-order valence-corrected chi connectivity index (χ1v) is 22.2. The van der Waals surface area contributed by atoms with Crippen LogP contribution in [0.15, 0.2) is 0 Å². The third-order valence-electron chi connectivity index (χ3n) is 4.09. The van der Waals surface area contributed by atoms with E-state index >= 15 is 0 Å². The van der Waals surface area contributed by atoms with Crippen LogP contribution in [-0.4, -0.2) is 65.7 Å². The highest BCUT2D eigenvalue weighted by Crippen LogP contribution is 2.20. The van der Waals surface area contributed by atoms with E-state index in [1.165, 1.54) is 0 Å². The van der Waals surface area contributed by atoms with Gasteiger partial charge in [0.1, 0.15) is 16.5 Å². The Bertz CT molecular complexity index is 324. The summed E-state index contributed by atoms with van der Waals surface area (Å²) < 4.78 is 12.8. The summed E-state index contributed by atoms with van der Waals surface area (Å²) in [4.78, 5) is 0. The Morgan fingerprint density at radius 1 is 0.857 bits per heavy atom. The number of hydrogen-bond acceptors (Lipinski definition) is 4. The van der Waals surface area contributed by atoms with Gasteiger partial charge in [0.15, 0.2) is 26.6 Å². The van der Waals surface area contributed by atoms with E-state index in [4.69, 9.17) is 0 Å². The smallest absolute Gasteiger partial charge is 0.188 e. The zero-order chi connectivity index (χ0) is 17.3. The maximum Gasteiger partial charge on any atom is 0.188 e. The second-order valence-electron chi connectivity index (χ2n) is 9.27. The van der Waals surface area contributed by atoms with E-state index in [9.17, 15) is 0 Å². The van der Waals surface area contributed by atoms with Gasteiger partial charge in [-0.15, -0.1) is 0 Å².